The molecule has 0 unspecified atom stereocenters. The molecule has 196 valence electrons. The summed E-state index contributed by atoms with van der Waals surface area (Å²) in [4.78, 5) is 25.0. The van der Waals surface area contributed by atoms with Gasteiger partial charge >= 0.3 is 6.09 Å². The summed E-state index contributed by atoms with van der Waals surface area (Å²) < 4.78 is 11.2. The van der Waals surface area contributed by atoms with E-state index in [1.54, 1.807) is 39.0 Å². The third-order valence-electron chi connectivity index (χ3n) is 5.74. The molecular formula is C30H36N2O5. The number of rotatable bonds is 9. The molecule has 3 rings (SSSR count). The number of hydrogen-bond acceptors (Lipinski definition) is 5. The minimum Gasteiger partial charge on any atom is -0.493 e. The number of carbonyl (C=O) groups excluding carboxylic acids is 2. The molecule has 0 bridgehead atoms. The molecule has 7 nitrogen and oxygen atoms in total. The highest BCUT2D eigenvalue weighted by molar-refractivity contribution is 6.00. The van der Waals surface area contributed by atoms with Crippen LogP contribution in [0.15, 0.2) is 72.8 Å². The Hall–Kier alpha value is -3.84. The largest absolute Gasteiger partial charge is 0.493 e. The zero-order valence-electron chi connectivity index (χ0n) is 22.1. The van der Waals surface area contributed by atoms with E-state index in [1.165, 1.54) is 23.6 Å². The van der Waals surface area contributed by atoms with Crippen molar-refractivity contribution in [1.29, 1.82) is 0 Å². The van der Waals surface area contributed by atoms with Gasteiger partial charge in [0.2, 0.25) is 0 Å². The summed E-state index contributed by atoms with van der Waals surface area (Å²) in [6.07, 6.45) is -0.0214. The number of alkyl carbamates (subject to hydrolysis) is 1. The lowest BCUT2D eigenvalue weighted by Crippen LogP contribution is -2.58. The molecule has 0 aliphatic heterocycles. The Morgan fingerprint density at radius 2 is 1.54 bits per heavy atom. The van der Waals surface area contributed by atoms with Crippen molar-refractivity contribution in [2.75, 3.05) is 18.5 Å². The fraction of sp³-hybridized carbons (Fsp3) is 0.333. The summed E-state index contributed by atoms with van der Waals surface area (Å²) in [7, 11) is 0. The number of aliphatic hydroxyl groups excluding tert-OH is 1. The van der Waals surface area contributed by atoms with E-state index < -0.39 is 29.7 Å². The highest BCUT2D eigenvalue weighted by atomic mass is 16.6. The first-order chi connectivity index (χ1) is 17.5. The lowest BCUT2D eigenvalue weighted by molar-refractivity contribution is -0.123. The van der Waals surface area contributed by atoms with Crippen LogP contribution in [0.5, 0.6) is 5.75 Å². The molecule has 0 fully saturated rings. The summed E-state index contributed by atoms with van der Waals surface area (Å²) in [5.41, 5.74) is 2.64. The summed E-state index contributed by atoms with van der Waals surface area (Å²) in [6.45, 7) is 8.40. The van der Waals surface area contributed by atoms with Crippen LogP contribution in [0.2, 0.25) is 0 Å². The molecule has 0 aromatic heterocycles. The quantitative estimate of drug-likeness (QED) is 0.358. The van der Waals surface area contributed by atoms with Crippen LogP contribution in [0.3, 0.4) is 0 Å². The van der Waals surface area contributed by atoms with Gasteiger partial charge in [-0.05, 0) is 75.1 Å². The van der Waals surface area contributed by atoms with Crippen molar-refractivity contribution >= 4 is 17.7 Å². The van der Waals surface area contributed by atoms with E-state index in [9.17, 15) is 14.7 Å². The van der Waals surface area contributed by atoms with Gasteiger partial charge in [0.05, 0.1) is 13.2 Å². The summed E-state index contributed by atoms with van der Waals surface area (Å²) >= 11 is 0. The molecule has 0 radical (unpaired) electrons. The summed E-state index contributed by atoms with van der Waals surface area (Å²) in [5, 5.41) is 15.0. The second-order valence-electron chi connectivity index (χ2n) is 10.2. The van der Waals surface area contributed by atoms with Gasteiger partial charge in [-0.3, -0.25) is 4.79 Å². The summed E-state index contributed by atoms with van der Waals surface area (Å²) in [5.74, 6) is 0.156. The zero-order chi connectivity index (χ0) is 27.1. The molecule has 3 aromatic carbocycles. The van der Waals surface area contributed by atoms with E-state index in [-0.39, 0.29) is 0 Å². The Bertz CT molecular complexity index is 1200. The normalized spacial score (nSPS) is 12.8. The predicted molar refractivity (Wildman–Crippen MR) is 146 cm³/mol. The van der Waals surface area contributed by atoms with Crippen molar-refractivity contribution in [2.45, 2.75) is 52.2 Å². The van der Waals surface area contributed by atoms with Crippen LogP contribution >= 0.6 is 0 Å². The fourth-order valence-corrected chi connectivity index (χ4v) is 3.63. The number of anilines is 1. The fourth-order valence-electron chi connectivity index (χ4n) is 3.63. The number of carbonyl (C=O) groups is 2. The van der Waals surface area contributed by atoms with E-state index in [1.807, 2.05) is 25.1 Å². The Balaban J connectivity index is 1.54. The van der Waals surface area contributed by atoms with Crippen LogP contribution < -0.4 is 15.4 Å². The zero-order valence-corrected chi connectivity index (χ0v) is 22.1. The first-order valence-corrected chi connectivity index (χ1v) is 12.3. The maximum Gasteiger partial charge on any atom is 0.408 e. The van der Waals surface area contributed by atoms with E-state index in [2.05, 4.69) is 47.0 Å². The van der Waals surface area contributed by atoms with Crippen LogP contribution in [0.4, 0.5) is 10.5 Å². The Labute approximate surface area is 218 Å². The lowest BCUT2D eigenvalue weighted by atomic mass is 10.0. The Kier molecular flexibility index (Phi) is 8.95. The Morgan fingerprint density at radius 1 is 0.892 bits per heavy atom. The van der Waals surface area contributed by atoms with Crippen molar-refractivity contribution < 1.29 is 24.2 Å². The third-order valence-corrected chi connectivity index (χ3v) is 5.74. The standard InChI is InChI=1S/C30H36N2O5/c1-21-19-25(31-27(34)30(5,20-33)32-28(35)37-29(2,3)4)15-16-26(21)36-18-17-22-11-13-24(14-12-22)23-9-7-6-8-10-23/h6-16,19,33H,17-18,20H2,1-5H3,(H,31,34)(H,32,35)/t30-/m0/s1. The number of aliphatic hydroxyl groups is 1. The summed E-state index contributed by atoms with van der Waals surface area (Å²) in [6, 6.07) is 24.0. The molecule has 0 aliphatic carbocycles. The van der Waals surface area contributed by atoms with Crippen molar-refractivity contribution in [3.63, 3.8) is 0 Å². The highest BCUT2D eigenvalue weighted by Crippen LogP contribution is 2.24. The maximum atomic E-state index is 12.8. The monoisotopic (exact) mass is 504 g/mol. The van der Waals surface area contributed by atoms with Crippen LogP contribution in [0.25, 0.3) is 11.1 Å². The topological polar surface area (TPSA) is 96.9 Å². The average Bonchev–Trinajstić information content (AvgIpc) is 2.85. The first kappa shape index (κ1) is 27.7. The number of aryl methyl sites for hydroxylation is 1. The van der Waals surface area contributed by atoms with Gasteiger partial charge in [-0.1, -0.05) is 54.6 Å². The molecule has 0 saturated heterocycles. The maximum absolute atomic E-state index is 12.8. The SMILES string of the molecule is Cc1cc(NC(=O)[C@](C)(CO)NC(=O)OC(C)(C)C)ccc1OCCc1ccc(-c2ccccc2)cc1. The molecule has 0 spiro atoms. The van der Waals surface area contributed by atoms with Gasteiger partial charge in [-0.25, -0.2) is 4.79 Å². The second kappa shape index (κ2) is 11.9. The predicted octanol–water partition coefficient (Wildman–Crippen LogP) is 5.50. The second-order valence-corrected chi connectivity index (χ2v) is 10.2. The number of ether oxygens (including phenoxy) is 2. The van der Waals surface area contributed by atoms with Gasteiger partial charge in [0, 0.05) is 12.1 Å². The number of amides is 2. The van der Waals surface area contributed by atoms with Gasteiger partial charge in [0.1, 0.15) is 16.9 Å². The van der Waals surface area contributed by atoms with Gasteiger partial charge in [-0.2, -0.15) is 0 Å². The van der Waals surface area contributed by atoms with Crippen LogP contribution in [-0.2, 0) is 16.0 Å². The minimum absolute atomic E-state index is 0.514. The first-order valence-electron chi connectivity index (χ1n) is 12.3. The van der Waals surface area contributed by atoms with Crippen LogP contribution in [0.1, 0.15) is 38.8 Å². The van der Waals surface area contributed by atoms with Gasteiger partial charge in [0.15, 0.2) is 0 Å². The smallest absolute Gasteiger partial charge is 0.408 e. The number of nitrogens with one attached hydrogen (secondary N) is 2. The minimum atomic E-state index is -1.55. The molecule has 2 amide bonds. The van der Waals surface area contributed by atoms with Crippen molar-refractivity contribution in [3.05, 3.63) is 83.9 Å². The molecule has 0 heterocycles. The van der Waals surface area contributed by atoms with E-state index in [0.29, 0.717) is 12.3 Å². The molecule has 7 heteroatoms. The van der Waals surface area contributed by atoms with Gasteiger partial charge in [-0.15, -0.1) is 0 Å². The molecule has 0 saturated carbocycles. The molecule has 37 heavy (non-hydrogen) atoms. The molecule has 0 aliphatic rings. The van der Waals surface area contributed by atoms with Crippen molar-refractivity contribution in [3.8, 4) is 16.9 Å². The van der Waals surface area contributed by atoms with Gasteiger partial charge in [0.25, 0.3) is 5.91 Å². The lowest BCUT2D eigenvalue weighted by Gasteiger charge is -2.29. The van der Waals surface area contributed by atoms with Crippen molar-refractivity contribution in [2.24, 2.45) is 0 Å². The molecule has 3 aromatic rings. The average molecular weight is 505 g/mol. The number of benzene rings is 3. The van der Waals surface area contributed by atoms with Crippen molar-refractivity contribution in [1.82, 2.24) is 5.32 Å². The third kappa shape index (κ3) is 8.08. The van der Waals surface area contributed by atoms with E-state index in [4.69, 9.17) is 9.47 Å². The van der Waals surface area contributed by atoms with E-state index >= 15 is 0 Å². The van der Waals surface area contributed by atoms with Gasteiger partial charge < -0.3 is 25.2 Å². The molecule has 3 N–H and O–H groups in total. The molecule has 1 atom stereocenters. The van der Waals surface area contributed by atoms with E-state index in [0.717, 1.165) is 17.7 Å². The molecular weight excluding hydrogens is 468 g/mol. The van der Waals surface area contributed by atoms with Crippen LogP contribution in [0, 0.1) is 6.92 Å². The Morgan fingerprint density at radius 3 is 2.14 bits per heavy atom. The highest BCUT2D eigenvalue weighted by Gasteiger charge is 2.36. The van der Waals surface area contributed by atoms with Crippen LogP contribution in [-0.4, -0.2) is 41.5 Å². The number of hydrogen-bond donors (Lipinski definition) is 3.